The Hall–Kier alpha value is -2.24. The minimum absolute atomic E-state index is 0.113. The van der Waals surface area contributed by atoms with Crippen molar-refractivity contribution in [3.8, 4) is 5.75 Å². The summed E-state index contributed by atoms with van der Waals surface area (Å²) in [4.78, 5) is 16.7. The number of methoxy groups -OCH3 is 1. The Morgan fingerprint density at radius 2 is 1.81 bits per heavy atom. The zero-order valence-electron chi connectivity index (χ0n) is 15.9. The van der Waals surface area contributed by atoms with Gasteiger partial charge in [-0.2, -0.15) is 0 Å². The summed E-state index contributed by atoms with van der Waals surface area (Å²) in [6.07, 6.45) is 0. The van der Waals surface area contributed by atoms with Gasteiger partial charge in [-0.15, -0.1) is 0 Å². The molecule has 0 aliphatic rings. The second-order valence-electron chi connectivity index (χ2n) is 6.49. The summed E-state index contributed by atoms with van der Waals surface area (Å²) in [7, 11) is 7.51. The van der Waals surface area contributed by atoms with Gasteiger partial charge in [0.15, 0.2) is 0 Å². The van der Waals surface area contributed by atoms with Crippen LogP contribution >= 0.6 is 11.6 Å². The van der Waals surface area contributed by atoms with Gasteiger partial charge >= 0.3 is 0 Å². The van der Waals surface area contributed by atoms with Gasteiger partial charge in [0.25, 0.3) is 0 Å². The molecule has 1 amide bonds. The first-order chi connectivity index (χ1) is 12.3. The number of halogens is 1. The molecular weight excluding hydrogens is 350 g/mol. The Balaban J connectivity index is 2.02. The summed E-state index contributed by atoms with van der Waals surface area (Å²) in [5, 5.41) is 3.44. The summed E-state index contributed by atoms with van der Waals surface area (Å²) in [6, 6.07) is 13.1. The molecule has 0 unspecified atom stereocenters. The first-order valence-corrected chi connectivity index (χ1v) is 8.80. The molecule has 6 heteroatoms. The van der Waals surface area contributed by atoms with Crippen LogP contribution in [0.25, 0.3) is 0 Å². The van der Waals surface area contributed by atoms with E-state index in [9.17, 15) is 4.79 Å². The van der Waals surface area contributed by atoms with E-state index in [1.807, 2.05) is 33.0 Å². The third-order valence-corrected chi connectivity index (χ3v) is 4.58. The molecule has 0 aliphatic heterocycles. The van der Waals surface area contributed by atoms with Crippen LogP contribution in [0.5, 0.6) is 5.75 Å². The number of carbonyl (C=O) groups excluding carboxylic acids is 1. The van der Waals surface area contributed by atoms with Crippen molar-refractivity contribution in [2.24, 2.45) is 0 Å². The first-order valence-electron chi connectivity index (χ1n) is 8.42. The van der Waals surface area contributed by atoms with E-state index >= 15 is 0 Å². The van der Waals surface area contributed by atoms with Gasteiger partial charge in [0, 0.05) is 31.4 Å². The number of likely N-dealkylation sites (N-methyl/N-ethyl adjacent to an activating group) is 1. The van der Waals surface area contributed by atoms with E-state index in [1.165, 1.54) is 0 Å². The normalized spacial score (nSPS) is 12.0. The predicted octanol–water partition coefficient (Wildman–Crippen LogP) is 3.87. The number of hydrogen-bond donors (Lipinski definition) is 1. The Morgan fingerprint density at radius 3 is 2.38 bits per heavy atom. The quantitative estimate of drug-likeness (QED) is 0.797. The van der Waals surface area contributed by atoms with Crippen LogP contribution in [-0.4, -0.2) is 45.1 Å². The fourth-order valence-electron chi connectivity index (χ4n) is 2.54. The molecule has 0 aromatic heterocycles. The van der Waals surface area contributed by atoms with Gasteiger partial charge in [-0.25, -0.2) is 0 Å². The van der Waals surface area contributed by atoms with Crippen LogP contribution in [0.15, 0.2) is 42.5 Å². The molecule has 0 bridgehead atoms. The molecule has 0 saturated carbocycles. The van der Waals surface area contributed by atoms with Crippen LogP contribution in [0, 0.1) is 0 Å². The molecule has 0 heterocycles. The zero-order valence-corrected chi connectivity index (χ0v) is 16.7. The zero-order chi connectivity index (χ0) is 19.3. The maximum absolute atomic E-state index is 12.6. The van der Waals surface area contributed by atoms with E-state index in [0.717, 1.165) is 11.3 Å². The van der Waals surface area contributed by atoms with E-state index in [4.69, 9.17) is 16.3 Å². The number of anilines is 2. The van der Waals surface area contributed by atoms with E-state index in [1.54, 1.807) is 25.3 Å². The third-order valence-electron chi connectivity index (χ3n) is 4.34. The molecule has 0 radical (unpaired) electrons. The number of ether oxygens (including phenoxy) is 1. The van der Waals surface area contributed by atoms with Crippen LogP contribution in [0.3, 0.4) is 0 Å². The number of nitrogens with one attached hydrogen (secondary N) is 1. The van der Waals surface area contributed by atoms with Crippen molar-refractivity contribution in [3.05, 3.63) is 53.1 Å². The van der Waals surface area contributed by atoms with E-state index in [-0.39, 0.29) is 11.9 Å². The Bertz CT molecular complexity index is 747. The molecule has 1 N–H and O–H groups in total. The molecule has 5 nitrogen and oxygen atoms in total. The van der Waals surface area contributed by atoms with Gasteiger partial charge in [0.1, 0.15) is 5.75 Å². The second kappa shape index (κ2) is 8.92. The predicted molar refractivity (Wildman–Crippen MR) is 108 cm³/mol. The topological polar surface area (TPSA) is 44.8 Å². The van der Waals surface area contributed by atoms with Crippen molar-refractivity contribution in [3.63, 3.8) is 0 Å². The molecule has 2 aromatic rings. The third kappa shape index (κ3) is 5.13. The maximum atomic E-state index is 12.6. The highest BCUT2D eigenvalue weighted by atomic mass is 35.5. The smallest absolute Gasteiger partial charge is 0.241 e. The lowest BCUT2D eigenvalue weighted by atomic mass is 10.1. The van der Waals surface area contributed by atoms with Gasteiger partial charge in [0.05, 0.1) is 18.8 Å². The fourth-order valence-corrected chi connectivity index (χ4v) is 2.71. The number of benzene rings is 2. The summed E-state index contributed by atoms with van der Waals surface area (Å²) in [5.74, 6) is 0.467. The van der Waals surface area contributed by atoms with Crippen LogP contribution < -0.4 is 15.0 Å². The SMILES string of the molecule is COc1ccc(Cl)cc1NC(=O)[C@H](C)N(C)Cc1ccc(N(C)C)cc1. The van der Waals surface area contributed by atoms with Crippen molar-refractivity contribution in [2.75, 3.05) is 38.5 Å². The summed E-state index contributed by atoms with van der Waals surface area (Å²) < 4.78 is 5.28. The van der Waals surface area contributed by atoms with Crippen molar-refractivity contribution >= 4 is 28.9 Å². The highest BCUT2D eigenvalue weighted by Crippen LogP contribution is 2.28. The minimum Gasteiger partial charge on any atom is -0.495 e. The van der Waals surface area contributed by atoms with Gasteiger partial charge in [-0.05, 0) is 49.9 Å². The van der Waals surface area contributed by atoms with Crippen LogP contribution in [-0.2, 0) is 11.3 Å². The maximum Gasteiger partial charge on any atom is 0.241 e. The van der Waals surface area contributed by atoms with Crippen molar-refractivity contribution < 1.29 is 9.53 Å². The molecule has 0 aliphatic carbocycles. The molecule has 26 heavy (non-hydrogen) atoms. The fraction of sp³-hybridized carbons (Fsp3) is 0.350. The van der Waals surface area contributed by atoms with E-state index < -0.39 is 0 Å². The van der Waals surface area contributed by atoms with Crippen molar-refractivity contribution in [2.45, 2.75) is 19.5 Å². The monoisotopic (exact) mass is 375 g/mol. The van der Waals surface area contributed by atoms with Crippen LogP contribution in [0.2, 0.25) is 5.02 Å². The van der Waals surface area contributed by atoms with Crippen LogP contribution in [0.1, 0.15) is 12.5 Å². The van der Waals surface area contributed by atoms with Gasteiger partial charge in [-0.1, -0.05) is 23.7 Å². The summed E-state index contributed by atoms with van der Waals surface area (Å²) in [5.41, 5.74) is 2.87. The summed E-state index contributed by atoms with van der Waals surface area (Å²) in [6.45, 7) is 2.55. The standard InChI is InChI=1S/C20H26ClN3O2/c1-14(20(25)22-18-12-16(21)8-11-19(18)26-5)24(4)13-15-6-9-17(10-7-15)23(2)3/h6-12,14H,13H2,1-5H3,(H,22,25)/t14-/m0/s1. The molecule has 1 atom stereocenters. The van der Waals surface area contributed by atoms with Gasteiger partial charge < -0.3 is 15.0 Å². The average molecular weight is 376 g/mol. The Kier molecular flexibility index (Phi) is 6.89. The average Bonchev–Trinajstić information content (AvgIpc) is 2.61. The number of hydrogen-bond acceptors (Lipinski definition) is 4. The second-order valence-corrected chi connectivity index (χ2v) is 6.92. The lowest BCUT2D eigenvalue weighted by Gasteiger charge is -2.24. The first kappa shape index (κ1) is 20.1. The molecule has 2 aromatic carbocycles. The largest absolute Gasteiger partial charge is 0.495 e. The molecule has 0 saturated heterocycles. The lowest BCUT2D eigenvalue weighted by molar-refractivity contribution is -0.120. The molecule has 140 valence electrons. The Morgan fingerprint density at radius 1 is 1.15 bits per heavy atom. The van der Waals surface area contributed by atoms with E-state index in [2.05, 4.69) is 34.5 Å². The number of rotatable bonds is 7. The highest BCUT2D eigenvalue weighted by molar-refractivity contribution is 6.31. The Labute approximate surface area is 160 Å². The van der Waals surface area contributed by atoms with Gasteiger partial charge in [-0.3, -0.25) is 9.69 Å². The molecule has 0 spiro atoms. The minimum atomic E-state index is -0.313. The van der Waals surface area contributed by atoms with Crippen molar-refractivity contribution in [1.82, 2.24) is 4.90 Å². The van der Waals surface area contributed by atoms with Crippen molar-refractivity contribution in [1.29, 1.82) is 0 Å². The molecule has 0 fully saturated rings. The van der Waals surface area contributed by atoms with Crippen LogP contribution in [0.4, 0.5) is 11.4 Å². The number of carbonyl (C=O) groups is 1. The molecule has 2 rings (SSSR count). The lowest BCUT2D eigenvalue weighted by Crippen LogP contribution is -2.39. The number of nitrogens with zero attached hydrogens (tertiary/aromatic N) is 2. The molecular formula is C20H26ClN3O2. The highest BCUT2D eigenvalue weighted by Gasteiger charge is 2.19. The summed E-state index contributed by atoms with van der Waals surface area (Å²) >= 11 is 6.02. The number of amides is 1. The van der Waals surface area contributed by atoms with E-state index in [0.29, 0.717) is 23.0 Å². The van der Waals surface area contributed by atoms with Gasteiger partial charge in [0.2, 0.25) is 5.91 Å².